The quantitative estimate of drug-likeness (QED) is 0.808. The predicted octanol–water partition coefficient (Wildman–Crippen LogP) is 3.58. The van der Waals surface area contributed by atoms with Crippen LogP contribution in [-0.4, -0.2) is 28.8 Å². The van der Waals surface area contributed by atoms with Crippen LogP contribution in [0.15, 0.2) is 4.99 Å². The van der Waals surface area contributed by atoms with Crippen molar-refractivity contribution in [3.05, 3.63) is 21.7 Å². The number of rotatable bonds is 0. The molecular formula is C16H20N4S. The summed E-state index contributed by atoms with van der Waals surface area (Å²) in [7, 11) is 0. The van der Waals surface area contributed by atoms with Crippen LogP contribution in [0.3, 0.4) is 0 Å². The molecule has 110 valence electrons. The molecule has 1 N–H and O–H groups in total. The van der Waals surface area contributed by atoms with Crippen LogP contribution in [0.1, 0.15) is 41.2 Å². The Hall–Kier alpha value is -1.46. The van der Waals surface area contributed by atoms with Crippen molar-refractivity contribution >= 4 is 33.1 Å². The van der Waals surface area contributed by atoms with Crippen LogP contribution in [0.5, 0.6) is 0 Å². The molecule has 4 rings (SSSR count). The van der Waals surface area contributed by atoms with Crippen LogP contribution < -0.4 is 5.32 Å². The van der Waals surface area contributed by atoms with Crippen molar-refractivity contribution in [3.8, 4) is 0 Å². The average molecular weight is 300 g/mol. The molecule has 21 heavy (non-hydrogen) atoms. The molecule has 0 spiro atoms. The molecule has 5 heteroatoms. The van der Waals surface area contributed by atoms with Crippen LogP contribution in [0.4, 0.5) is 5.69 Å². The molecule has 1 fully saturated rings. The van der Waals surface area contributed by atoms with Gasteiger partial charge < -0.3 is 4.90 Å². The second-order valence-corrected chi connectivity index (χ2v) is 7.04. The van der Waals surface area contributed by atoms with Gasteiger partial charge >= 0.3 is 0 Å². The number of aromatic nitrogens is 1. The Morgan fingerprint density at radius 2 is 2.00 bits per heavy atom. The molecule has 0 bridgehead atoms. The summed E-state index contributed by atoms with van der Waals surface area (Å²) in [6, 6.07) is 0. The molecule has 4 heterocycles. The summed E-state index contributed by atoms with van der Waals surface area (Å²) in [5, 5.41) is 4.90. The Morgan fingerprint density at radius 1 is 1.19 bits per heavy atom. The minimum atomic E-state index is 0.283. The van der Waals surface area contributed by atoms with E-state index in [9.17, 15) is 0 Å². The van der Waals surface area contributed by atoms with Gasteiger partial charge in [0.2, 0.25) is 0 Å². The van der Waals surface area contributed by atoms with Crippen LogP contribution >= 0.6 is 11.3 Å². The Balaban J connectivity index is 2.03. The van der Waals surface area contributed by atoms with E-state index >= 15 is 0 Å². The fourth-order valence-corrected chi connectivity index (χ4v) is 4.68. The molecule has 0 radical (unpaired) electrons. The lowest BCUT2D eigenvalue weighted by atomic mass is 10.0. The van der Waals surface area contributed by atoms with Crippen molar-refractivity contribution in [1.29, 1.82) is 0 Å². The highest BCUT2D eigenvalue weighted by atomic mass is 32.1. The van der Waals surface area contributed by atoms with Crippen molar-refractivity contribution < 1.29 is 0 Å². The van der Waals surface area contributed by atoms with Gasteiger partial charge in [-0.2, -0.15) is 0 Å². The first-order chi connectivity index (χ1) is 10.1. The molecule has 1 saturated heterocycles. The van der Waals surface area contributed by atoms with Gasteiger partial charge in [-0.25, -0.2) is 9.98 Å². The van der Waals surface area contributed by atoms with Crippen LogP contribution in [0.25, 0.3) is 10.2 Å². The van der Waals surface area contributed by atoms with Crippen LogP contribution in [-0.2, 0) is 0 Å². The number of aliphatic imine (C=N–C) groups is 1. The van der Waals surface area contributed by atoms with E-state index in [-0.39, 0.29) is 6.17 Å². The third kappa shape index (κ3) is 1.77. The van der Waals surface area contributed by atoms with Gasteiger partial charge in [-0.3, -0.25) is 5.32 Å². The number of thiophene rings is 1. The van der Waals surface area contributed by atoms with E-state index in [0.29, 0.717) is 0 Å². The first-order valence-electron chi connectivity index (χ1n) is 7.53. The minimum absolute atomic E-state index is 0.283. The first kappa shape index (κ1) is 13.2. The van der Waals surface area contributed by atoms with Crippen LogP contribution in [0.2, 0.25) is 0 Å². The molecule has 0 saturated carbocycles. The summed E-state index contributed by atoms with van der Waals surface area (Å²) in [6.07, 6.45) is 1.46. The largest absolute Gasteiger partial charge is 0.340 e. The van der Waals surface area contributed by atoms with Crippen molar-refractivity contribution in [2.24, 2.45) is 4.99 Å². The normalized spacial score (nSPS) is 21.2. The highest BCUT2D eigenvalue weighted by Gasteiger charge is 2.33. The molecule has 2 aliphatic heterocycles. The summed E-state index contributed by atoms with van der Waals surface area (Å²) in [5.41, 5.74) is 4.90. The summed E-state index contributed by atoms with van der Waals surface area (Å²) < 4.78 is 0. The monoisotopic (exact) mass is 300 g/mol. The number of nitrogens with zero attached hydrogens (tertiary/aromatic N) is 3. The highest BCUT2D eigenvalue weighted by Crippen LogP contribution is 2.47. The maximum Gasteiger partial charge on any atom is 0.126 e. The molecule has 2 aliphatic rings. The summed E-state index contributed by atoms with van der Waals surface area (Å²) in [6.45, 7) is 10.7. The third-order valence-electron chi connectivity index (χ3n) is 4.80. The van der Waals surface area contributed by atoms with Gasteiger partial charge in [0.05, 0.1) is 10.6 Å². The molecule has 0 aromatic carbocycles. The van der Waals surface area contributed by atoms with Gasteiger partial charge in [0.15, 0.2) is 0 Å². The lowest BCUT2D eigenvalue weighted by Crippen LogP contribution is -2.47. The van der Waals surface area contributed by atoms with Gasteiger partial charge in [0.1, 0.15) is 16.8 Å². The summed E-state index contributed by atoms with van der Waals surface area (Å²) in [4.78, 5) is 14.6. The molecular weight excluding hydrogens is 280 g/mol. The average Bonchev–Trinajstić information content (AvgIpc) is 2.83. The smallest absolute Gasteiger partial charge is 0.126 e. The van der Waals surface area contributed by atoms with E-state index in [4.69, 9.17) is 9.98 Å². The Labute approximate surface area is 128 Å². The second kappa shape index (κ2) is 4.52. The number of fused-ring (bicyclic) bond motifs is 5. The van der Waals surface area contributed by atoms with Gasteiger partial charge in [0, 0.05) is 17.6 Å². The number of hydrogen-bond donors (Lipinski definition) is 1. The Kier molecular flexibility index (Phi) is 2.84. The number of aryl methyl sites for hydroxylation is 2. The van der Waals surface area contributed by atoms with E-state index in [1.54, 1.807) is 11.3 Å². The number of amidine groups is 1. The van der Waals surface area contributed by atoms with Crippen molar-refractivity contribution in [2.75, 3.05) is 13.1 Å². The van der Waals surface area contributed by atoms with Gasteiger partial charge in [0.25, 0.3) is 0 Å². The zero-order valence-corrected chi connectivity index (χ0v) is 13.8. The van der Waals surface area contributed by atoms with E-state index in [1.165, 1.54) is 27.8 Å². The molecule has 2 aromatic heterocycles. The second-order valence-electron chi connectivity index (χ2n) is 6.00. The molecule has 2 aromatic rings. The SMILES string of the molecule is CC1=Nc2c(sc3nc(C)c(C)c(C)c23)C2NCCCN12. The fraction of sp³-hybridized carbons (Fsp3) is 0.500. The van der Waals surface area contributed by atoms with E-state index < -0.39 is 0 Å². The van der Waals surface area contributed by atoms with Crippen molar-refractivity contribution in [2.45, 2.75) is 40.3 Å². The molecule has 0 aliphatic carbocycles. The number of pyridine rings is 1. The van der Waals surface area contributed by atoms with Crippen LogP contribution in [0, 0.1) is 20.8 Å². The Morgan fingerprint density at radius 3 is 2.81 bits per heavy atom. The molecule has 0 amide bonds. The van der Waals surface area contributed by atoms with E-state index in [2.05, 4.69) is 37.9 Å². The summed E-state index contributed by atoms with van der Waals surface area (Å²) >= 11 is 1.80. The molecule has 1 atom stereocenters. The van der Waals surface area contributed by atoms with Crippen molar-refractivity contribution in [3.63, 3.8) is 0 Å². The maximum absolute atomic E-state index is 4.92. The molecule has 1 unspecified atom stereocenters. The minimum Gasteiger partial charge on any atom is -0.340 e. The highest BCUT2D eigenvalue weighted by molar-refractivity contribution is 7.19. The Bertz CT molecular complexity index is 774. The van der Waals surface area contributed by atoms with Gasteiger partial charge in [-0.05, 0) is 51.8 Å². The maximum atomic E-state index is 4.92. The number of hydrogen-bond acceptors (Lipinski definition) is 5. The van der Waals surface area contributed by atoms with E-state index in [0.717, 1.165) is 35.1 Å². The zero-order chi connectivity index (χ0) is 14.7. The lowest BCUT2D eigenvalue weighted by Gasteiger charge is -2.39. The van der Waals surface area contributed by atoms with Gasteiger partial charge in [-0.15, -0.1) is 11.3 Å². The lowest BCUT2D eigenvalue weighted by molar-refractivity contribution is 0.221. The first-order valence-corrected chi connectivity index (χ1v) is 8.35. The van der Waals surface area contributed by atoms with E-state index in [1.807, 2.05) is 0 Å². The van der Waals surface area contributed by atoms with Crippen molar-refractivity contribution in [1.82, 2.24) is 15.2 Å². The topological polar surface area (TPSA) is 40.5 Å². The number of nitrogens with one attached hydrogen (secondary N) is 1. The third-order valence-corrected chi connectivity index (χ3v) is 5.93. The standard InChI is InChI=1S/C16H20N4S/c1-8-9(2)12-13-14(21-16(12)18-10(8)3)15-17-6-5-7-20(15)11(4)19-13/h15,17H,5-7H2,1-4H3. The fourth-order valence-electron chi connectivity index (χ4n) is 3.37. The predicted molar refractivity (Wildman–Crippen MR) is 88.7 cm³/mol. The summed E-state index contributed by atoms with van der Waals surface area (Å²) in [5.74, 6) is 1.12. The zero-order valence-electron chi connectivity index (χ0n) is 12.9. The van der Waals surface area contributed by atoms with Gasteiger partial charge in [-0.1, -0.05) is 0 Å². The molecule has 4 nitrogen and oxygen atoms in total.